The van der Waals surface area contributed by atoms with E-state index in [0.717, 1.165) is 4.31 Å². The molecule has 120 valence electrons. The number of nitrogens with zero attached hydrogens (tertiary/aromatic N) is 2. The predicted octanol–water partition coefficient (Wildman–Crippen LogP) is 2.54. The fraction of sp³-hybridized carbons (Fsp3) is 0.188. The average Bonchev–Trinajstić information content (AvgIpc) is 2.56. The van der Waals surface area contributed by atoms with E-state index in [-0.39, 0.29) is 18.2 Å². The summed E-state index contributed by atoms with van der Waals surface area (Å²) in [6, 6.07) is 13.6. The summed E-state index contributed by atoms with van der Waals surface area (Å²) < 4.78 is 43.7. The summed E-state index contributed by atoms with van der Waals surface area (Å²) in [4.78, 5) is 0. The molecule has 0 heterocycles. The highest BCUT2D eigenvalue weighted by Gasteiger charge is 2.18. The number of hydrogen-bond donors (Lipinski definition) is 0. The Morgan fingerprint density at radius 1 is 1.22 bits per heavy atom. The normalized spacial score (nSPS) is 10.8. The maximum atomic E-state index is 12.8. The highest BCUT2D eigenvalue weighted by Crippen LogP contribution is 2.18. The van der Waals surface area contributed by atoms with Gasteiger partial charge in [0.25, 0.3) is 0 Å². The van der Waals surface area contributed by atoms with E-state index >= 15 is 0 Å². The number of benzene rings is 2. The highest BCUT2D eigenvalue weighted by molar-refractivity contribution is 7.92. The molecule has 0 atom stereocenters. The summed E-state index contributed by atoms with van der Waals surface area (Å²) in [5.74, 6) is -0.227. The SMILES string of the molecule is CN(c1cccc(C#N)c1)S(=O)(=O)CCOc1ccc(F)cc1. The van der Waals surface area contributed by atoms with Crippen molar-refractivity contribution < 1.29 is 17.5 Å². The van der Waals surface area contributed by atoms with Gasteiger partial charge in [-0.25, -0.2) is 12.8 Å². The molecule has 0 spiro atoms. The molecular formula is C16H15FN2O3S. The van der Waals surface area contributed by atoms with Gasteiger partial charge in [-0.3, -0.25) is 4.31 Å². The van der Waals surface area contributed by atoms with Crippen LogP contribution in [-0.4, -0.2) is 27.8 Å². The number of rotatable bonds is 6. The van der Waals surface area contributed by atoms with Crippen molar-refractivity contribution in [1.29, 1.82) is 5.26 Å². The molecule has 0 bridgehead atoms. The maximum Gasteiger partial charge on any atom is 0.238 e. The van der Waals surface area contributed by atoms with Crippen molar-refractivity contribution in [3.8, 4) is 11.8 Å². The van der Waals surface area contributed by atoms with E-state index in [9.17, 15) is 12.8 Å². The van der Waals surface area contributed by atoms with Crippen LogP contribution >= 0.6 is 0 Å². The van der Waals surface area contributed by atoms with Crippen molar-refractivity contribution in [3.05, 3.63) is 59.9 Å². The zero-order valence-electron chi connectivity index (χ0n) is 12.4. The molecule has 0 aliphatic rings. The van der Waals surface area contributed by atoms with Crippen molar-refractivity contribution in [2.24, 2.45) is 0 Å². The molecule has 23 heavy (non-hydrogen) atoms. The molecule has 0 aliphatic heterocycles. The third kappa shape index (κ3) is 4.44. The number of ether oxygens (including phenoxy) is 1. The lowest BCUT2D eigenvalue weighted by Gasteiger charge is -2.19. The van der Waals surface area contributed by atoms with E-state index < -0.39 is 10.0 Å². The van der Waals surface area contributed by atoms with Gasteiger partial charge < -0.3 is 4.74 Å². The second kappa shape index (κ2) is 7.11. The minimum absolute atomic E-state index is 0.0593. The molecule has 0 unspecified atom stereocenters. The van der Waals surface area contributed by atoms with E-state index in [2.05, 4.69) is 0 Å². The van der Waals surface area contributed by atoms with Crippen LogP contribution in [-0.2, 0) is 10.0 Å². The molecule has 0 amide bonds. The van der Waals surface area contributed by atoms with E-state index in [1.807, 2.05) is 6.07 Å². The first kappa shape index (κ1) is 16.8. The maximum absolute atomic E-state index is 12.8. The third-order valence-electron chi connectivity index (χ3n) is 3.18. The van der Waals surface area contributed by atoms with Gasteiger partial charge in [0.05, 0.1) is 17.3 Å². The number of hydrogen-bond acceptors (Lipinski definition) is 4. The largest absolute Gasteiger partial charge is 0.492 e. The first-order chi connectivity index (χ1) is 10.9. The molecule has 0 fully saturated rings. The molecule has 0 saturated carbocycles. The Kier molecular flexibility index (Phi) is 5.19. The number of halogens is 1. The zero-order valence-corrected chi connectivity index (χ0v) is 13.3. The molecule has 2 aromatic carbocycles. The molecule has 2 aromatic rings. The topological polar surface area (TPSA) is 70.4 Å². The summed E-state index contributed by atoms with van der Waals surface area (Å²) in [6.45, 7) is -0.0593. The van der Waals surface area contributed by atoms with Crippen molar-refractivity contribution in [1.82, 2.24) is 0 Å². The van der Waals surface area contributed by atoms with Gasteiger partial charge in [0.15, 0.2) is 0 Å². The van der Waals surface area contributed by atoms with Gasteiger partial charge in [0.2, 0.25) is 10.0 Å². The molecule has 2 rings (SSSR count). The molecule has 0 N–H and O–H groups in total. The van der Waals surface area contributed by atoms with Gasteiger partial charge in [-0.1, -0.05) is 6.07 Å². The fourth-order valence-electron chi connectivity index (χ4n) is 1.86. The lowest BCUT2D eigenvalue weighted by molar-refractivity contribution is 0.340. The fourth-order valence-corrected chi connectivity index (χ4v) is 2.87. The zero-order chi connectivity index (χ0) is 16.9. The second-order valence-corrected chi connectivity index (χ2v) is 6.87. The lowest BCUT2D eigenvalue weighted by atomic mass is 10.2. The van der Waals surface area contributed by atoms with Crippen LogP contribution < -0.4 is 9.04 Å². The number of sulfonamides is 1. The molecular weight excluding hydrogens is 319 g/mol. The van der Waals surface area contributed by atoms with Crippen LogP contribution in [0.15, 0.2) is 48.5 Å². The van der Waals surface area contributed by atoms with Gasteiger partial charge in [0.1, 0.15) is 23.9 Å². The van der Waals surface area contributed by atoms with Crippen molar-refractivity contribution >= 4 is 15.7 Å². The Morgan fingerprint density at radius 3 is 2.57 bits per heavy atom. The van der Waals surface area contributed by atoms with Crippen LogP contribution in [0, 0.1) is 17.1 Å². The lowest BCUT2D eigenvalue weighted by Crippen LogP contribution is -2.31. The van der Waals surface area contributed by atoms with Gasteiger partial charge in [-0.05, 0) is 42.5 Å². The quantitative estimate of drug-likeness (QED) is 0.814. The summed E-state index contributed by atoms with van der Waals surface area (Å²) in [7, 11) is -2.17. The van der Waals surface area contributed by atoms with Crippen LogP contribution in [0.3, 0.4) is 0 Å². The van der Waals surface area contributed by atoms with Crippen LogP contribution in [0.1, 0.15) is 5.56 Å². The Labute approximate surface area is 134 Å². The predicted molar refractivity (Wildman–Crippen MR) is 85.2 cm³/mol. The Balaban J connectivity index is 2.00. The second-order valence-electron chi connectivity index (χ2n) is 4.75. The average molecular weight is 334 g/mol. The number of nitriles is 1. The van der Waals surface area contributed by atoms with Crippen LogP contribution in [0.25, 0.3) is 0 Å². The minimum atomic E-state index is -3.59. The van der Waals surface area contributed by atoms with Gasteiger partial charge in [0, 0.05) is 7.05 Å². The summed E-state index contributed by atoms with van der Waals surface area (Å²) in [5.41, 5.74) is 0.790. The van der Waals surface area contributed by atoms with E-state index in [1.54, 1.807) is 18.2 Å². The van der Waals surface area contributed by atoms with E-state index in [0.29, 0.717) is 17.0 Å². The monoisotopic (exact) mass is 334 g/mol. The van der Waals surface area contributed by atoms with E-state index in [1.165, 1.54) is 37.4 Å². The smallest absolute Gasteiger partial charge is 0.238 e. The summed E-state index contributed by atoms with van der Waals surface area (Å²) >= 11 is 0. The Hall–Kier alpha value is -2.59. The van der Waals surface area contributed by atoms with Crippen LogP contribution in [0.4, 0.5) is 10.1 Å². The third-order valence-corrected chi connectivity index (χ3v) is 4.91. The first-order valence-electron chi connectivity index (χ1n) is 6.77. The molecule has 0 aliphatic carbocycles. The highest BCUT2D eigenvalue weighted by atomic mass is 32.2. The van der Waals surface area contributed by atoms with Crippen LogP contribution in [0.2, 0.25) is 0 Å². The van der Waals surface area contributed by atoms with Crippen molar-refractivity contribution in [2.75, 3.05) is 23.7 Å². The van der Waals surface area contributed by atoms with Crippen LogP contribution in [0.5, 0.6) is 5.75 Å². The molecule has 0 radical (unpaired) electrons. The molecule has 0 saturated heterocycles. The summed E-state index contributed by atoms with van der Waals surface area (Å²) in [5, 5.41) is 8.87. The minimum Gasteiger partial charge on any atom is -0.492 e. The van der Waals surface area contributed by atoms with Gasteiger partial charge in [-0.2, -0.15) is 5.26 Å². The Morgan fingerprint density at radius 2 is 1.91 bits per heavy atom. The van der Waals surface area contributed by atoms with Gasteiger partial charge >= 0.3 is 0 Å². The molecule has 7 heteroatoms. The molecule has 0 aromatic heterocycles. The van der Waals surface area contributed by atoms with Gasteiger partial charge in [-0.15, -0.1) is 0 Å². The molecule has 5 nitrogen and oxygen atoms in total. The van der Waals surface area contributed by atoms with E-state index in [4.69, 9.17) is 10.00 Å². The summed E-state index contributed by atoms with van der Waals surface area (Å²) in [6.07, 6.45) is 0. The first-order valence-corrected chi connectivity index (χ1v) is 8.38. The Bertz CT molecular complexity index is 814. The van der Waals surface area contributed by atoms with Crippen molar-refractivity contribution in [3.63, 3.8) is 0 Å². The standard InChI is InChI=1S/C16H15FN2O3S/c1-19(15-4-2-3-13(11-15)12-18)23(20,21)10-9-22-16-7-5-14(17)6-8-16/h2-8,11H,9-10H2,1H3. The van der Waals surface area contributed by atoms with Crippen molar-refractivity contribution in [2.45, 2.75) is 0 Å². The number of anilines is 1.